The van der Waals surface area contributed by atoms with Crippen LogP contribution >= 0.6 is 0 Å². The van der Waals surface area contributed by atoms with E-state index >= 15 is 0 Å². The second-order valence-corrected chi connectivity index (χ2v) is 5.51. The molecule has 0 atom stereocenters. The topological polar surface area (TPSA) is 66.7 Å². The van der Waals surface area contributed by atoms with E-state index in [0.29, 0.717) is 22.7 Å². The van der Waals surface area contributed by atoms with Crippen LogP contribution in [-0.4, -0.2) is 28.9 Å². The van der Waals surface area contributed by atoms with Crippen LogP contribution in [0.3, 0.4) is 0 Å². The molecular weight excluding hydrogens is 316 g/mol. The predicted octanol–water partition coefficient (Wildman–Crippen LogP) is 1.75. The Balaban J connectivity index is 1.75. The van der Waals surface area contributed by atoms with Gasteiger partial charge in [-0.25, -0.2) is 4.98 Å². The molecule has 0 aliphatic rings. The molecule has 2 heterocycles. The summed E-state index contributed by atoms with van der Waals surface area (Å²) in [5.41, 5.74) is 1.64. The number of hydrogen-bond donors (Lipinski definition) is 1. The second-order valence-electron chi connectivity index (χ2n) is 5.51. The maximum Gasteiger partial charge on any atom is 0.259 e. The third-order valence-corrected chi connectivity index (χ3v) is 3.64. The van der Waals surface area contributed by atoms with Crippen molar-refractivity contribution in [2.75, 3.05) is 23.8 Å². The van der Waals surface area contributed by atoms with E-state index in [4.69, 9.17) is 6.42 Å². The summed E-state index contributed by atoms with van der Waals surface area (Å²) in [6, 6.07) is 13.8. The van der Waals surface area contributed by atoms with Crippen molar-refractivity contribution < 1.29 is 4.79 Å². The van der Waals surface area contributed by atoms with E-state index in [9.17, 15) is 9.59 Å². The van der Waals surface area contributed by atoms with Crippen LogP contribution in [-0.2, 0) is 4.79 Å². The van der Waals surface area contributed by atoms with Gasteiger partial charge in [0.05, 0.1) is 6.54 Å². The molecule has 0 spiro atoms. The summed E-state index contributed by atoms with van der Waals surface area (Å²) < 4.78 is 1.45. The molecule has 3 aromatic rings. The van der Waals surface area contributed by atoms with Crippen molar-refractivity contribution in [3.8, 4) is 12.3 Å². The number of carbonyl (C=O) groups is 1. The van der Waals surface area contributed by atoms with Gasteiger partial charge in [-0.05, 0) is 30.3 Å². The monoisotopic (exact) mass is 332 g/mol. The SMILES string of the molecule is C#Cc1cccc(NC(=O)CN(C)c2cc(=O)n3ccccc3n2)c1. The Kier molecular flexibility index (Phi) is 4.48. The van der Waals surface area contributed by atoms with Crippen LogP contribution in [0.4, 0.5) is 11.5 Å². The molecule has 1 N–H and O–H groups in total. The van der Waals surface area contributed by atoms with Gasteiger partial charge in [-0.2, -0.15) is 0 Å². The molecule has 0 saturated heterocycles. The number of likely N-dealkylation sites (N-methyl/N-ethyl adjacent to an activating group) is 1. The first-order chi connectivity index (χ1) is 12.1. The lowest BCUT2D eigenvalue weighted by Crippen LogP contribution is -2.31. The Morgan fingerprint density at radius 3 is 2.92 bits per heavy atom. The van der Waals surface area contributed by atoms with Gasteiger partial charge in [0.25, 0.3) is 5.56 Å². The number of rotatable bonds is 4. The second kappa shape index (κ2) is 6.89. The fourth-order valence-electron chi connectivity index (χ4n) is 2.42. The lowest BCUT2D eigenvalue weighted by Gasteiger charge is -2.18. The number of fused-ring (bicyclic) bond motifs is 1. The molecule has 124 valence electrons. The molecule has 0 unspecified atom stereocenters. The Bertz CT molecular complexity index is 1030. The standard InChI is InChI=1S/C19H16N4O2/c1-3-14-7-6-8-15(11-14)20-18(24)13-22(2)17-12-19(25)23-10-5-4-9-16(23)21-17/h1,4-12H,13H2,2H3,(H,20,24). The summed E-state index contributed by atoms with van der Waals surface area (Å²) in [6.45, 7) is 0.0513. The van der Waals surface area contributed by atoms with Crippen LogP contribution in [0.1, 0.15) is 5.56 Å². The molecule has 1 aromatic carbocycles. The average molecular weight is 332 g/mol. The quantitative estimate of drug-likeness (QED) is 0.739. The van der Waals surface area contributed by atoms with Crippen LogP contribution in [0, 0.1) is 12.3 Å². The molecule has 2 aromatic heterocycles. The lowest BCUT2D eigenvalue weighted by atomic mass is 10.2. The smallest absolute Gasteiger partial charge is 0.259 e. The van der Waals surface area contributed by atoms with Gasteiger partial charge in [0.2, 0.25) is 5.91 Å². The number of anilines is 2. The molecular formula is C19H16N4O2. The number of aromatic nitrogens is 2. The Morgan fingerprint density at radius 1 is 1.28 bits per heavy atom. The van der Waals surface area contributed by atoms with Gasteiger partial charge >= 0.3 is 0 Å². The van der Waals surface area contributed by atoms with Crippen molar-refractivity contribution >= 4 is 23.1 Å². The summed E-state index contributed by atoms with van der Waals surface area (Å²) in [7, 11) is 1.71. The molecule has 0 aliphatic carbocycles. The molecule has 25 heavy (non-hydrogen) atoms. The minimum atomic E-state index is -0.230. The van der Waals surface area contributed by atoms with Gasteiger partial charge < -0.3 is 10.2 Å². The van der Waals surface area contributed by atoms with Crippen molar-refractivity contribution in [1.29, 1.82) is 0 Å². The maximum atomic E-state index is 12.2. The first kappa shape index (κ1) is 16.3. The molecule has 0 fully saturated rings. The van der Waals surface area contributed by atoms with Crippen molar-refractivity contribution in [1.82, 2.24) is 9.38 Å². The van der Waals surface area contributed by atoms with Gasteiger partial charge in [0.1, 0.15) is 11.5 Å². The van der Waals surface area contributed by atoms with Crippen molar-refractivity contribution in [2.24, 2.45) is 0 Å². The number of benzene rings is 1. The average Bonchev–Trinajstić information content (AvgIpc) is 2.61. The molecule has 1 amide bonds. The lowest BCUT2D eigenvalue weighted by molar-refractivity contribution is -0.114. The van der Waals surface area contributed by atoms with E-state index < -0.39 is 0 Å². The minimum absolute atomic E-state index is 0.0513. The van der Waals surface area contributed by atoms with Gasteiger partial charge in [0, 0.05) is 30.6 Å². The highest BCUT2D eigenvalue weighted by atomic mass is 16.2. The van der Waals surface area contributed by atoms with E-state index in [2.05, 4.69) is 16.2 Å². The van der Waals surface area contributed by atoms with E-state index in [-0.39, 0.29) is 18.0 Å². The highest BCUT2D eigenvalue weighted by Crippen LogP contribution is 2.11. The number of terminal acetylenes is 1. The van der Waals surface area contributed by atoms with Crippen LogP contribution < -0.4 is 15.8 Å². The zero-order chi connectivity index (χ0) is 17.8. The zero-order valence-corrected chi connectivity index (χ0v) is 13.6. The minimum Gasteiger partial charge on any atom is -0.350 e. The molecule has 6 nitrogen and oxygen atoms in total. The normalized spacial score (nSPS) is 10.2. The van der Waals surface area contributed by atoms with Gasteiger partial charge in [-0.15, -0.1) is 6.42 Å². The summed E-state index contributed by atoms with van der Waals surface area (Å²) in [6.07, 6.45) is 7.01. The largest absolute Gasteiger partial charge is 0.350 e. The first-order valence-electron chi connectivity index (χ1n) is 7.63. The van der Waals surface area contributed by atoms with Crippen LogP contribution in [0.15, 0.2) is 59.5 Å². The highest BCUT2D eigenvalue weighted by molar-refractivity contribution is 5.94. The third kappa shape index (κ3) is 3.67. The number of amides is 1. The summed E-state index contributed by atoms with van der Waals surface area (Å²) in [4.78, 5) is 30.4. The van der Waals surface area contributed by atoms with E-state index in [0.717, 1.165) is 0 Å². The summed E-state index contributed by atoms with van der Waals surface area (Å²) in [5, 5.41) is 2.78. The van der Waals surface area contributed by atoms with Crippen LogP contribution in [0.25, 0.3) is 5.65 Å². The van der Waals surface area contributed by atoms with Gasteiger partial charge in [-0.3, -0.25) is 14.0 Å². The van der Waals surface area contributed by atoms with Crippen molar-refractivity contribution in [3.63, 3.8) is 0 Å². The van der Waals surface area contributed by atoms with E-state index in [1.54, 1.807) is 60.6 Å². The molecule has 0 aliphatic heterocycles. The molecule has 0 bridgehead atoms. The molecule has 3 rings (SSSR count). The van der Waals surface area contributed by atoms with E-state index in [1.165, 1.54) is 10.5 Å². The van der Waals surface area contributed by atoms with Crippen molar-refractivity contribution in [3.05, 3.63) is 70.6 Å². The number of nitrogens with one attached hydrogen (secondary N) is 1. The van der Waals surface area contributed by atoms with Crippen molar-refractivity contribution in [2.45, 2.75) is 0 Å². The fraction of sp³-hybridized carbons (Fsp3) is 0.105. The number of hydrogen-bond acceptors (Lipinski definition) is 4. The van der Waals surface area contributed by atoms with Gasteiger partial charge in [0.15, 0.2) is 0 Å². The Hall–Kier alpha value is -3.59. The molecule has 6 heteroatoms. The predicted molar refractivity (Wildman–Crippen MR) is 97.7 cm³/mol. The van der Waals surface area contributed by atoms with E-state index in [1.807, 2.05) is 0 Å². The van der Waals surface area contributed by atoms with Crippen LogP contribution in [0.2, 0.25) is 0 Å². The summed E-state index contributed by atoms with van der Waals surface area (Å²) >= 11 is 0. The van der Waals surface area contributed by atoms with Gasteiger partial charge in [-0.1, -0.05) is 18.1 Å². The number of carbonyl (C=O) groups excluding carboxylic acids is 1. The number of pyridine rings is 1. The highest BCUT2D eigenvalue weighted by Gasteiger charge is 2.11. The zero-order valence-electron chi connectivity index (χ0n) is 13.6. The Labute approximate surface area is 144 Å². The molecule has 0 saturated carbocycles. The fourth-order valence-corrected chi connectivity index (χ4v) is 2.42. The van der Waals surface area contributed by atoms with Crippen LogP contribution in [0.5, 0.6) is 0 Å². The molecule has 0 radical (unpaired) electrons. The maximum absolute atomic E-state index is 12.2. The Morgan fingerprint density at radius 2 is 2.12 bits per heavy atom. The summed E-state index contributed by atoms with van der Waals surface area (Å²) in [5.74, 6) is 2.73. The first-order valence-corrected chi connectivity index (χ1v) is 7.63. The number of nitrogens with zero attached hydrogens (tertiary/aromatic N) is 3. The third-order valence-electron chi connectivity index (χ3n) is 3.64.